The van der Waals surface area contributed by atoms with Gasteiger partial charge in [-0.2, -0.15) is 0 Å². The first-order valence-electron chi connectivity index (χ1n) is 5.52. The first-order chi connectivity index (χ1) is 8.08. The maximum Gasteiger partial charge on any atom is 0.246 e. The molecule has 2 heterocycles. The number of hydrogen-bond donors (Lipinski definition) is 1. The Balaban J connectivity index is 1.80. The molecule has 1 atom stereocenters. The van der Waals surface area contributed by atoms with E-state index in [0.29, 0.717) is 6.54 Å². The Bertz CT molecular complexity index is 444. The summed E-state index contributed by atoms with van der Waals surface area (Å²) in [6.07, 6.45) is 1.05. The van der Waals surface area contributed by atoms with Crippen molar-refractivity contribution in [1.29, 1.82) is 0 Å². The summed E-state index contributed by atoms with van der Waals surface area (Å²) in [6.45, 7) is 2.64. The molecule has 0 saturated carbocycles. The van der Waals surface area contributed by atoms with E-state index in [-0.39, 0.29) is 24.3 Å². The number of aryl methyl sites for hydroxylation is 1. The van der Waals surface area contributed by atoms with E-state index < -0.39 is 0 Å². The number of nitrogens with zero attached hydrogens (tertiary/aromatic N) is 2. The largest absolute Gasteiger partial charge is 0.305 e. The second-order valence-corrected chi connectivity index (χ2v) is 5.17. The quantitative estimate of drug-likeness (QED) is 0.786. The average molecular weight is 253 g/mol. The first kappa shape index (κ1) is 12.2. The van der Waals surface area contributed by atoms with Gasteiger partial charge in [0.25, 0.3) is 0 Å². The molecule has 0 spiro atoms. The first-order valence-corrected chi connectivity index (χ1v) is 6.40. The number of aromatic nitrogens is 1. The molecule has 6 heteroatoms. The van der Waals surface area contributed by atoms with Crippen LogP contribution >= 0.6 is 11.3 Å². The van der Waals surface area contributed by atoms with E-state index in [9.17, 15) is 9.59 Å². The van der Waals surface area contributed by atoms with Gasteiger partial charge in [-0.3, -0.25) is 14.5 Å². The van der Waals surface area contributed by atoms with Crippen molar-refractivity contribution in [1.82, 2.24) is 15.2 Å². The van der Waals surface area contributed by atoms with Crippen molar-refractivity contribution < 1.29 is 9.59 Å². The summed E-state index contributed by atoms with van der Waals surface area (Å²) in [5.41, 5.74) is 1.03. The Hall–Kier alpha value is -1.27. The second kappa shape index (κ2) is 4.93. The molecule has 0 aromatic carbocycles. The summed E-state index contributed by atoms with van der Waals surface area (Å²) in [5.74, 6) is -0.249. The van der Waals surface area contributed by atoms with E-state index >= 15 is 0 Å². The van der Waals surface area contributed by atoms with E-state index in [0.717, 1.165) is 17.1 Å². The average Bonchev–Trinajstić information content (AvgIpc) is 2.80. The summed E-state index contributed by atoms with van der Waals surface area (Å²) < 4.78 is 0. The number of imide groups is 1. The van der Waals surface area contributed by atoms with Gasteiger partial charge in [-0.25, -0.2) is 4.98 Å². The molecular formula is C11H15N3O2S. The van der Waals surface area contributed by atoms with Crippen molar-refractivity contribution in [3.63, 3.8) is 0 Å². The van der Waals surface area contributed by atoms with Crippen LogP contribution in [-0.4, -0.2) is 41.3 Å². The molecule has 92 valence electrons. The maximum absolute atomic E-state index is 11.6. The van der Waals surface area contributed by atoms with Gasteiger partial charge < -0.3 is 5.32 Å². The van der Waals surface area contributed by atoms with Gasteiger partial charge >= 0.3 is 0 Å². The standard InChI is InChI=1S/C11H15N3O2S/c1-7-13-8(6-17-7)3-4-12-9-5-10(15)14(2)11(9)16/h6,9,12H,3-5H2,1-2H3. The molecular weight excluding hydrogens is 238 g/mol. The molecule has 2 rings (SSSR count). The molecule has 17 heavy (non-hydrogen) atoms. The van der Waals surface area contributed by atoms with Crippen molar-refractivity contribution in [2.45, 2.75) is 25.8 Å². The van der Waals surface area contributed by atoms with E-state index in [1.54, 1.807) is 11.3 Å². The summed E-state index contributed by atoms with van der Waals surface area (Å²) in [4.78, 5) is 28.4. The maximum atomic E-state index is 11.6. The fourth-order valence-electron chi connectivity index (χ4n) is 1.81. The fourth-order valence-corrected chi connectivity index (χ4v) is 2.46. The van der Waals surface area contributed by atoms with Gasteiger partial charge in [-0.15, -0.1) is 11.3 Å². The lowest BCUT2D eigenvalue weighted by Crippen LogP contribution is -2.38. The van der Waals surface area contributed by atoms with Crippen LogP contribution in [0.1, 0.15) is 17.1 Å². The van der Waals surface area contributed by atoms with Gasteiger partial charge in [0, 0.05) is 25.4 Å². The van der Waals surface area contributed by atoms with Crippen molar-refractivity contribution in [3.8, 4) is 0 Å². The number of rotatable bonds is 4. The van der Waals surface area contributed by atoms with Gasteiger partial charge in [0.2, 0.25) is 11.8 Å². The Morgan fingerprint density at radius 1 is 1.59 bits per heavy atom. The molecule has 1 fully saturated rings. The molecule has 0 bridgehead atoms. The number of amides is 2. The summed E-state index contributed by atoms with van der Waals surface area (Å²) in [6, 6.07) is -0.354. The zero-order valence-electron chi connectivity index (χ0n) is 9.90. The lowest BCUT2D eigenvalue weighted by atomic mass is 10.2. The predicted molar refractivity (Wildman–Crippen MR) is 64.7 cm³/mol. The minimum atomic E-state index is -0.354. The van der Waals surface area contributed by atoms with Crippen LogP contribution in [0.15, 0.2) is 5.38 Å². The number of hydrogen-bond acceptors (Lipinski definition) is 5. The zero-order chi connectivity index (χ0) is 12.4. The van der Waals surface area contributed by atoms with Gasteiger partial charge in [0.15, 0.2) is 0 Å². The summed E-state index contributed by atoms with van der Waals surface area (Å²) >= 11 is 1.62. The minimum absolute atomic E-state index is 0.114. The van der Waals surface area contributed by atoms with Crippen LogP contribution in [0.4, 0.5) is 0 Å². The Kier molecular flexibility index (Phi) is 3.54. The fraction of sp³-hybridized carbons (Fsp3) is 0.545. The molecule has 1 saturated heterocycles. The molecule has 2 amide bonds. The van der Waals surface area contributed by atoms with Gasteiger partial charge in [-0.05, 0) is 6.92 Å². The molecule has 1 aliphatic heterocycles. The molecule has 1 aromatic heterocycles. The van der Waals surface area contributed by atoms with E-state index in [4.69, 9.17) is 0 Å². The highest BCUT2D eigenvalue weighted by Gasteiger charge is 2.35. The lowest BCUT2D eigenvalue weighted by Gasteiger charge is -2.09. The third kappa shape index (κ3) is 2.70. The summed E-state index contributed by atoms with van der Waals surface area (Å²) in [7, 11) is 1.52. The molecule has 1 aliphatic rings. The molecule has 0 aliphatic carbocycles. The summed E-state index contributed by atoms with van der Waals surface area (Å²) in [5, 5.41) is 6.17. The zero-order valence-corrected chi connectivity index (χ0v) is 10.7. The topological polar surface area (TPSA) is 62.3 Å². The van der Waals surface area contributed by atoms with Crippen LogP contribution in [-0.2, 0) is 16.0 Å². The number of likely N-dealkylation sites (tertiary alicyclic amines) is 1. The van der Waals surface area contributed by atoms with Gasteiger partial charge in [0.05, 0.1) is 23.2 Å². The highest BCUT2D eigenvalue weighted by molar-refractivity contribution is 7.09. The molecule has 1 aromatic rings. The minimum Gasteiger partial charge on any atom is -0.305 e. The van der Waals surface area contributed by atoms with Crippen molar-refractivity contribution in [3.05, 3.63) is 16.1 Å². The smallest absolute Gasteiger partial charge is 0.246 e. The van der Waals surface area contributed by atoms with Crippen LogP contribution in [0.2, 0.25) is 0 Å². The number of likely N-dealkylation sites (N-methyl/N-ethyl adjacent to an activating group) is 1. The third-order valence-electron chi connectivity index (χ3n) is 2.82. The normalized spacial score (nSPS) is 20.4. The van der Waals surface area contributed by atoms with Gasteiger partial charge in [0.1, 0.15) is 0 Å². The van der Waals surface area contributed by atoms with E-state index in [2.05, 4.69) is 10.3 Å². The highest BCUT2D eigenvalue weighted by Crippen LogP contribution is 2.11. The highest BCUT2D eigenvalue weighted by atomic mass is 32.1. The van der Waals surface area contributed by atoms with Crippen LogP contribution in [0.3, 0.4) is 0 Å². The van der Waals surface area contributed by atoms with Crippen molar-refractivity contribution in [2.75, 3.05) is 13.6 Å². The number of carbonyl (C=O) groups excluding carboxylic acids is 2. The van der Waals surface area contributed by atoms with E-state index in [1.807, 2.05) is 12.3 Å². The molecule has 1 N–H and O–H groups in total. The van der Waals surface area contributed by atoms with Crippen LogP contribution in [0.5, 0.6) is 0 Å². The monoisotopic (exact) mass is 253 g/mol. The molecule has 0 radical (unpaired) electrons. The van der Waals surface area contributed by atoms with E-state index in [1.165, 1.54) is 11.9 Å². The van der Waals surface area contributed by atoms with Gasteiger partial charge in [-0.1, -0.05) is 0 Å². The molecule has 5 nitrogen and oxygen atoms in total. The van der Waals surface area contributed by atoms with Crippen LogP contribution < -0.4 is 5.32 Å². The van der Waals surface area contributed by atoms with Crippen LogP contribution in [0.25, 0.3) is 0 Å². The Labute approximate surface area is 104 Å². The Morgan fingerprint density at radius 3 is 2.88 bits per heavy atom. The third-order valence-corrected chi connectivity index (χ3v) is 3.64. The number of nitrogens with one attached hydrogen (secondary N) is 1. The molecule has 1 unspecified atom stereocenters. The van der Waals surface area contributed by atoms with Crippen molar-refractivity contribution >= 4 is 23.2 Å². The second-order valence-electron chi connectivity index (χ2n) is 4.11. The van der Waals surface area contributed by atoms with Crippen molar-refractivity contribution in [2.24, 2.45) is 0 Å². The SMILES string of the molecule is Cc1nc(CCNC2CC(=O)N(C)C2=O)cs1. The predicted octanol–water partition coefficient (Wildman–Crippen LogP) is 0.341. The number of thiazole rings is 1. The van der Waals surface area contributed by atoms with Crippen LogP contribution in [0, 0.1) is 6.92 Å². The number of carbonyl (C=O) groups is 2. The lowest BCUT2D eigenvalue weighted by molar-refractivity contribution is -0.137. The Morgan fingerprint density at radius 2 is 2.35 bits per heavy atom.